The van der Waals surface area contributed by atoms with Gasteiger partial charge in [-0.1, -0.05) is 56.5 Å². The van der Waals surface area contributed by atoms with Crippen LogP contribution in [0.15, 0.2) is 30.3 Å². The average molecular weight is 365 g/mol. The smallest absolute Gasteiger partial charge is 0.407 e. The van der Waals surface area contributed by atoms with Crippen molar-refractivity contribution in [3.63, 3.8) is 0 Å². The van der Waals surface area contributed by atoms with E-state index in [1.165, 1.54) is 19.3 Å². The van der Waals surface area contributed by atoms with Gasteiger partial charge in [0.25, 0.3) is 0 Å². The topological polar surface area (TPSA) is 70.6 Å². The molecule has 1 aromatic carbocycles. The zero-order chi connectivity index (χ0) is 19.4. The minimum atomic E-state index is -0.686. The quantitative estimate of drug-likeness (QED) is 0.524. The predicted octanol–water partition coefficient (Wildman–Crippen LogP) is 3.65. The summed E-state index contributed by atoms with van der Waals surface area (Å²) in [5, 5.41) is 16.7. The molecule has 0 radical (unpaired) electrons. The number of ether oxygens (including phenoxy) is 1. The van der Waals surface area contributed by atoms with E-state index in [1.807, 2.05) is 51.1 Å². The molecule has 26 heavy (non-hydrogen) atoms. The van der Waals surface area contributed by atoms with E-state index in [4.69, 9.17) is 4.74 Å². The Morgan fingerprint density at radius 1 is 1.15 bits per heavy atom. The fourth-order valence-corrected chi connectivity index (χ4v) is 2.68. The van der Waals surface area contributed by atoms with Gasteiger partial charge in [0.1, 0.15) is 5.60 Å². The molecule has 0 spiro atoms. The van der Waals surface area contributed by atoms with E-state index in [0.717, 1.165) is 18.5 Å². The van der Waals surface area contributed by atoms with Gasteiger partial charge in [-0.25, -0.2) is 4.79 Å². The summed E-state index contributed by atoms with van der Waals surface area (Å²) in [5.74, 6) is 0. The number of nitrogens with one attached hydrogen (secondary N) is 2. The average Bonchev–Trinajstić information content (AvgIpc) is 2.56. The molecule has 148 valence electrons. The van der Waals surface area contributed by atoms with E-state index in [-0.39, 0.29) is 0 Å². The Hall–Kier alpha value is -1.59. The predicted molar refractivity (Wildman–Crippen MR) is 106 cm³/mol. The van der Waals surface area contributed by atoms with Gasteiger partial charge in [-0.05, 0) is 45.7 Å². The van der Waals surface area contributed by atoms with Crippen LogP contribution in [0, 0.1) is 0 Å². The van der Waals surface area contributed by atoms with Gasteiger partial charge in [-0.2, -0.15) is 0 Å². The summed E-state index contributed by atoms with van der Waals surface area (Å²) >= 11 is 0. The number of hydrogen-bond acceptors (Lipinski definition) is 4. The first kappa shape index (κ1) is 22.5. The van der Waals surface area contributed by atoms with Crippen molar-refractivity contribution in [3.8, 4) is 0 Å². The molecule has 0 heterocycles. The van der Waals surface area contributed by atoms with Gasteiger partial charge in [-0.3, -0.25) is 0 Å². The number of carbonyl (C=O) groups excluding carboxylic acids is 1. The summed E-state index contributed by atoms with van der Waals surface area (Å²) in [7, 11) is 0. The zero-order valence-corrected chi connectivity index (χ0v) is 16.8. The Kier molecular flexibility index (Phi) is 10.3. The highest BCUT2D eigenvalue weighted by Crippen LogP contribution is 2.10. The molecule has 5 nitrogen and oxygen atoms in total. The Morgan fingerprint density at radius 2 is 1.85 bits per heavy atom. The number of benzene rings is 1. The van der Waals surface area contributed by atoms with Crippen LogP contribution >= 0.6 is 0 Å². The molecule has 0 saturated heterocycles. The van der Waals surface area contributed by atoms with Gasteiger partial charge in [0, 0.05) is 6.54 Å². The molecule has 3 N–H and O–H groups in total. The molecule has 0 aromatic heterocycles. The van der Waals surface area contributed by atoms with Crippen LogP contribution in [0.3, 0.4) is 0 Å². The van der Waals surface area contributed by atoms with Crippen molar-refractivity contribution in [1.82, 2.24) is 10.6 Å². The number of unbranched alkanes of at least 4 members (excludes halogenated alkanes) is 3. The van der Waals surface area contributed by atoms with Crippen LogP contribution in [-0.4, -0.2) is 42.0 Å². The molecule has 1 aromatic rings. The van der Waals surface area contributed by atoms with Gasteiger partial charge in [-0.15, -0.1) is 0 Å². The molecule has 0 aliphatic rings. The second-order valence-electron chi connectivity index (χ2n) is 7.77. The summed E-state index contributed by atoms with van der Waals surface area (Å²) in [6.45, 7) is 8.99. The lowest BCUT2D eigenvalue weighted by molar-refractivity contribution is 0.0422. The van der Waals surface area contributed by atoms with Crippen molar-refractivity contribution in [2.75, 3.05) is 13.1 Å². The highest BCUT2D eigenvalue weighted by atomic mass is 16.6. The van der Waals surface area contributed by atoms with Crippen LogP contribution < -0.4 is 10.6 Å². The van der Waals surface area contributed by atoms with Gasteiger partial charge in [0.15, 0.2) is 0 Å². The van der Waals surface area contributed by atoms with Gasteiger partial charge < -0.3 is 20.5 Å². The lowest BCUT2D eigenvalue weighted by Crippen LogP contribution is -2.50. The van der Waals surface area contributed by atoms with Crippen molar-refractivity contribution in [2.24, 2.45) is 0 Å². The monoisotopic (exact) mass is 364 g/mol. The van der Waals surface area contributed by atoms with Crippen LogP contribution in [0.25, 0.3) is 0 Å². The number of aliphatic hydroxyl groups excluding tert-OH is 1. The van der Waals surface area contributed by atoms with E-state index in [1.54, 1.807) is 0 Å². The fourth-order valence-electron chi connectivity index (χ4n) is 2.68. The number of amides is 1. The molecular formula is C21H36N2O3. The summed E-state index contributed by atoms with van der Waals surface area (Å²) in [6, 6.07) is 9.45. The van der Waals surface area contributed by atoms with E-state index in [0.29, 0.717) is 13.0 Å². The fraction of sp³-hybridized carbons (Fsp3) is 0.667. The van der Waals surface area contributed by atoms with Crippen LogP contribution in [-0.2, 0) is 11.2 Å². The van der Waals surface area contributed by atoms with Gasteiger partial charge in [0.2, 0.25) is 0 Å². The summed E-state index contributed by atoms with van der Waals surface area (Å²) in [6.07, 6.45) is 4.11. The molecule has 0 saturated carbocycles. The molecule has 0 fully saturated rings. The Balaban J connectivity index is 2.57. The van der Waals surface area contributed by atoms with Crippen molar-refractivity contribution in [3.05, 3.63) is 35.9 Å². The molecule has 0 aliphatic carbocycles. The number of alkyl carbamates (subject to hydrolysis) is 1. The summed E-state index contributed by atoms with van der Waals surface area (Å²) in [5.41, 5.74) is 0.500. The van der Waals surface area contributed by atoms with Crippen LogP contribution in [0.4, 0.5) is 4.79 Å². The number of aliphatic hydroxyl groups is 1. The third-order valence-corrected chi connectivity index (χ3v) is 4.03. The molecular weight excluding hydrogens is 328 g/mol. The molecule has 0 unspecified atom stereocenters. The van der Waals surface area contributed by atoms with Crippen LogP contribution in [0.5, 0.6) is 0 Å². The maximum atomic E-state index is 12.1. The van der Waals surface area contributed by atoms with E-state index in [9.17, 15) is 9.90 Å². The number of rotatable bonds is 11. The minimum absolute atomic E-state index is 0.407. The van der Waals surface area contributed by atoms with Crippen molar-refractivity contribution in [1.29, 1.82) is 0 Å². The summed E-state index contributed by atoms with van der Waals surface area (Å²) < 4.78 is 5.34. The zero-order valence-electron chi connectivity index (χ0n) is 16.8. The molecule has 1 rings (SSSR count). The SMILES string of the molecule is CCCCCCNC[C@@H](O)[C@H](Cc1ccccc1)NC(=O)OC(C)(C)C. The Labute approximate surface area is 158 Å². The van der Waals surface area contributed by atoms with Crippen molar-refractivity contribution in [2.45, 2.75) is 77.5 Å². The maximum absolute atomic E-state index is 12.1. The lowest BCUT2D eigenvalue weighted by atomic mass is 10.0. The minimum Gasteiger partial charge on any atom is -0.444 e. The summed E-state index contributed by atoms with van der Waals surface area (Å²) in [4.78, 5) is 12.1. The highest BCUT2D eigenvalue weighted by molar-refractivity contribution is 5.68. The number of carbonyl (C=O) groups is 1. The van der Waals surface area contributed by atoms with Gasteiger partial charge >= 0.3 is 6.09 Å². The molecule has 0 aliphatic heterocycles. The maximum Gasteiger partial charge on any atom is 0.407 e. The molecule has 0 bridgehead atoms. The third-order valence-electron chi connectivity index (χ3n) is 4.03. The normalized spacial score (nSPS) is 13.9. The van der Waals surface area contributed by atoms with E-state index < -0.39 is 23.8 Å². The van der Waals surface area contributed by atoms with E-state index in [2.05, 4.69) is 17.6 Å². The molecule has 1 amide bonds. The van der Waals surface area contributed by atoms with Crippen molar-refractivity contribution >= 4 is 6.09 Å². The third kappa shape index (κ3) is 10.4. The Bertz CT molecular complexity index is 500. The van der Waals surface area contributed by atoms with Gasteiger partial charge in [0.05, 0.1) is 12.1 Å². The lowest BCUT2D eigenvalue weighted by Gasteiger charge is -2.27. The van der Waals surface area contributed by atoms with Crippen molar-refractivity contribution < 1.29 is 14.6 Å². The van der Waals surface area contributed by atoms with Crippen LogP contribution in [0.2, 0.25) is 0 Å². The Morgan fingerprint density at radius 3 is 2.46 bits per heavy atom. The second kappa shape index (κ2) is 11.9. The first-order valence-electron chi connectivity index (χ1n) is 9.74. The molecule has 5 heteroatoms. The second-order valence-corrected chi connectivity index (χ2v) is 7.77. The van der Waals surface area contributed by atoms with Crippen LogP contribution in [0.1, 0.15) is 58.9 Å². The molecule has 2 atom stereocenters. The first-order chi connectivity index (χ1) is 12.3. The standard InChI is InChI=1S/C21H36N2O3/c1-5-6-7-11-14-22-16-19(24)18(15-17-12-9-8-10-13-17)23-20(25)26-21(2,3)4/h8-10,12-13,18-19,22,24H,5-7,11,14-16H2,1-4H3,(H,23,25)/t18-,19+/m0/s1. The highest BCUT2D eigenvalue weighted by Gasteiger charge is 2.24. The van der Waals surface area contributed by atoms with E-state index >= 15 is 0 Å². The first-order valence-corrected chi connectivity index (χ1v) is 9.74. The number of hydrogen-bond donors (Lipinski definition) is 3. The largest absolute Gasteiger partial charge is 0.444 e.